The van der Waals surface area contributed by atoms with Crippen LogP contribution in [0, 0.1) is 0 Å². The van der Waals surface area contributed by atoms with Crippen molar-refractivity contribution in [3.8, 4) is 0 Å². The molecular weight excluding hydrogens is 126 g/mol. The van der Waals surface area contributed by atoms with Gasteiger partial charge in [0.25, 0.3) is 0 Å². The second-order valence-electron chi connectivity index (χ2n) is 3.10. The molecule has 2 nitrogen and oxygen atoms in total. The van der Waals surface area contributed by atoms with Gasteiger partial charge in [-0.2, -0.15) is 0 Å². The first-order valence-corrected chi connectivity index (χ1v) is 4.24. The molecule has 0 spiro atoms. The van der Waals surface area contributed by atoms with E-state index in [0.717, 1.165) is 13.0 Å². The zero-order chi connectivity index (χ0) is 7.40. The zero-order valence-corrected chi connectivity index (χ0v) is 6.64. The molecule has 1 aliphatic rings. The summed E-state index contributed by atoms with van der Waals surface area (Å²) in [5.74, 6) is 0. The molecule has 0 aromatic heterocycles. The van der Waals surface area contributed by atoms with Crippen LogP contribution in [0.5, 0.6) is 0 Å². The summed E-state index contributed by atoms with van der Waals surface area (Å²) >= 11 is 0. The van der Waals surface area contributed by atoms with Gasteiger partial charge in [0.15, 0.2) is 0 Å². The summed E-state index contributed by atoms with van der Waals surface area (Å²) in [5, 5.41) is 12.5. The monoisotopic (exact) mass is 143 g/mol. The van der Waals surface area contributed by atoms with Crippen molar-refractivity contribution >= 4 is 0 Å². The summed E-state index contributed by atoms with van der Waals surface area (Å²) in [4.78, 5) is 0. The fourth-order valence-corrected chi connectivity index (χ4v) is 1.06. The van der Waals surface area contributed by atoms with Crippen LogP contribution in [0.25, 0.3) is 0 Å². The van der Waals surface area contributed by atoms with Crippen LogP contribution >= 0.6 is 0 Å². The van der Waals surface area contributed by atoms with Gasteiger partial charge in [-0.1, -0.05) is 13.3 Å². The number of aliphatic hydroxyl groups is 1. The van der Waals surface area contributed by atoms with Crippen LogP contribution < -0.4 is 5.32 Å². The molecule has 1 unspecified atom stereocenters. The predicted octanol–water partition coefficient (Wildman–Crippen LogP) is 0.899. The first-order chi connectivity index (χ1) is 4.83. The van der Waals surface area contributed by atoms with E-state index in [1.54, 1.807) is 0 Å². The van der Waals surface area contributed by atoms with Gasteiger partial charge in [-0.3, -0.25) is 0 Å². The quantitative estimate of drug-likeness (QED) is 0.613. The maximum Gasteiger partial charge on any atom is 0.0662 e. The normalized spacial score (nSPS) is 22.2. The fraction of sp³-hybridized carbons (Fsp3) is 1.00. The average molecular weight is 143 g/mol. The van der Waals surface area contributed by atoms with Crippen LogP contribution in [-0.2, 0) is 0 Å². The summed E-state index contributed by atoms with van der Waals surface area (Å²) in [6.07, 6.45) is 4.69. The second kappa shape index (κ2) is 3.94. The molecule has 1 saturated carbocycles. The minimum Gasteiger partial charge on any atom is -0.392 e. The Morgan fingerprint density at radius 3 is 2.70 bits per heavy atom. The molecule has 0 amide bonds. The lowest BCUT2D eigenvalue weighted by Crippen LogP contribution is -2.39. The fourth-order valence-electron chi connectivity index (χ4n) is 1.06. The number of aliphatic hydroxyl groups excluding tert-OH is 1. The number of nitrogens with one attached hydrogen (secondary N) is 1. The molecule has 1 fully saturated rings. The summed E-state index contributed by atoms with van der Waals surface area (Å²) in [7, 11) is 0. The van der Waals surface area contributed by atoms with Crippen molar-refractivity contribution in [3.05, 3.63) is 0 Å². The molecular formula is C8H17NO. The Balaban J connectivity index is 1.93. The summed E-state index contributed by atoms with van der Waals surface area (Å²) in [5.41, 5.74) is 0. The van der Waals surface area contributed by atoms with Gasteiger partial charge in [-0.25, -0.2) is 0 Å². The van der Waals surface area contributed by atoms with Gasteiger partial charge in [0.1, 0.15) is 0 Å². The van der Waals surface area contributed by atoms with Crippen molar-refractivity contribution in [1.29, 1.82) is 0 Å². The Morgan fingerprint density at radius 2 is 2.30 bits per heavy atom. The summed E-state index contributed by atoms with van der Waals surface area (Å²) < 4.78 is 0. The highest BCUT2D eigenvalue weighted by Gasteiger charge is 2.16. The molecule has 1 aliphatic carbocycles. The lowest BCUT2D eigenvalue weighted by molar-refractivity contribution is 0.155. The van der Waals surface area contributed by atoms with Crippen molar-refractivity contribution in [2.45, 2.75) is 44.8 Å². The first-order valence-electron chi connectivity index (χ1n) is 4.24. The highest BCUT2D eigenvalue weighted by atomic mass is 16.3. The van der Waals surface area contributed by atoms with E-state index in [9.17, 15) is 0 Å². The molecule has 0 aliphatic heterocycles. The van der Waals surface area contributed by atoms with E-state index in [2.05, 4.69) is 5.32 Å². The largest absolute Gasteiger partial charge is 0.392 e. The summed E-state index contributed by atoms with van der Waals surface area (Å²) in [6.45, 7) is 2.79. The molecule has 2 N–H and O–H groups in total. The van der Waals surface area contributed by atoms with Gasteiger partial charge >= 0.3 is 0 Å². The SMILES string of the molecule is CCC(O)CNC1CCC1. The van der Waals surface area contributed by atoms with Crippen molar-refractivity contribution in [2.24, 2.45) is 0 Å². The third-order valence-electron chi connectivity index (χ3n) is 2.22. The van der Waals surface area contributed by atoms with E-state index in [-0.39, 0.29) is 6.10 Å². The van der Waals surface area contributed by atoms with Crippen LogP contribution in [0.2, 0.25) is 0 Å². The minimum absolute atomic E-state index is 0.138. The van der Waals surface area contributed by atoms with Gasteiger partial charge < -0.3 is 10.4 Å². The molecule has 1 rings (SSSR count). The van der Waals surface area contributed by atoms with Crippen LogP contribution in [0.1, 0.15) is 32.6 Å². The smallest absolute Gasteiger partial charge is 0.0662 e. The van der Waals surface area contributed by atoms with Gasteiger partial charge in [-0.05, 0) is 19.3 Å². The first kappa shape index (κ1) is 8.02. The zero-order valence-electron chi connectivity index (χ0n) is 6.64. The van der Waals surface area contributed by atoms with Gasteiger partial charge in [0.2, 0.25) is 0 Å². The Morgan fingerprint density at radius 1 is 1.60 bits per heavy atom. The molecule has 0 heterocycles. The Hall–Kier alpha value is -0.0800. The van der Waals surface area contributed by atoms with Gasteiger partial charge in [-0.15, -0.1) is 0 Å². The molecule has 0 saturated heterocycles. The van der Waals surface area contributed by atoms with Crippen LogP contribution in [0.15, 0.2) is 0 Å². The second-order valence-corrected chi connectivity index (χ2v) is 3.10. The standard InChI is InChI=1S/C8H17NO/c1-2-8(10)6-9-7-4-3-5-7/h7-10H,2-6H2,1H3. The third kappa shape index (κ3) is 2.27. The maximum absolute atomic E-state index is 9.16. The van der Waals surface area contributed by atoms with E-state index in [4.69, 9.17) is 5.11 Å². The van der Waals surface area contributed by atoms with Crippen LogP contribution in [-0.4, -0.2) is 23.8 Å². The highest BCUT2D eigenvalue weighted by molar-refractivity contribution is 4.77. The van der Waals surface area contributed by atoms with Crippen LogP contribution in [0.4, 0.5) is 0 Å². The average Bonchev–Trinajstić information content (AvgIpc) is 1.84. The summed E-state index contributed by atoms with van der Waals surface area (Å²) in [6, 6.07) is 0.709. The van der Waals surface area contributed by atoms with E-state index >= 15 is 0 Å². The molecule has 1 atom stereocenters. The van der Waals surface area contributed by atoms with Crippen molar-refractivity contribution < 1.29 is 5.11 Å². The molecule has 0 aromatic carbocycles. The predicted molar refractivity (Wildman–Crippen MR) is 41.9 cm³/mol. The van der Waals surface area contributed by atoms with E-state index in [0.29, 0.717) is 6.04 Å². The topological polar surface area (TPSA) is 32.3 Å². The number of rotatable bonds is 4. The maximum atomic E-state index is 9.16. The van der Waals surface area contributed by atoms with E-state index < -0.39 is 0 Å². The van der Waals surface area contributed by atoms with Gasteiger partial charge in [0, 0.05) is 12.6 Å². The molecule has 0 aromatic rings. The lowest BCUT2D eigenvalue weighted by atomic mass is 9.93. The lowest BCUT2D eigenvalue weighted by Gasteiger charge is -2.27. The molecule has 60 valence electrons. The van der Waals surface area contributed by atoms with Gasteiger partial charge in [0.05, 0.1) is 6.10 Å². The third-order valence-corrected chi connectivity index (χ3v) is 2.22. The van der Waals surface area contributed by atoms with Crippen molar-refractivity contribution in [1.82, 2.24) is 5.32 Å². The minimum atomic E-state index is -0.138. The molecule has 0 bridgehead atoms. The molecule has 0 radical (unpaired) electrons. The van der Waals surface area contributed by atoms with E-state index in [1.807, 2.05) is 6.92 Å². The Bertz CT molecular complexity index is 86.5. The molecule has 10 heavy (non-hydrogen) atoms. The van der Waals surface area contributed by atoms with Crippen LogP contribution in [0.3, 0.4) is 0 Å². The van der Waals surface area contributed by atoms with Crippen molar-refractivity contribution in [2.75, 3.05) is 6.54 Å². The number of hydrogen-bond acceptors (Lipinski definition) is 2. The Labute approximate surface area is 62.6 Å². The highest BCUT2D eigenvalue weighted by Crippen LogP contribution is 2.17. The van der Waals surface area contributed by atoms with Crippen molar-refractivity contribution in [3.63, 3.8) is 0 Å². The molecule has 2 heteroatoms. The Kier molecular flexibility index (Phi) is 3.16. The number of hydrogen-bond donors (Lipinski definition) is 2. The van der Waals surface area contributed by atoms with E-state index in [1.165, 1.54) is 19.3 Å².